The van der Waals surface area contributed by atoms with Gasteiger partial charge in [0.15, 0.2) is 0 Å². The molecule has 3 aromatic rings. The lowest BCUT2D eigenvalue weighted by Crippen LogP contribution is -2.34. The van der Waals surface area contributed by atoms with Gasteiger partial charge in [-0.25, -0.2) is 4.98 Å². The fourth-order valence-corrected chi connectivity index (χ4v) is 4.67. The molecule has 1 aromatic heterocycles. The van der Waals surface area contributed by atoms with E-state index in [2.05, 4.69) is 41.5 Å². The molecule has 0 radical (unpaired) electrons. The second-order valence-electron chi connectivity index (χ2n) is 10.2. The Balaban J connectivity index is 1.49. The van der Waals surface area contributed by atoms with Gasteiger partial charge >= 0.3 is 5.97 Å². The molecule has 0 saturated heterocycles. The fraction of sp³-hybridized carbons (Fsp3) is 0.382. The second kappa shape index (κ2) is 15.6. The summed E-state index contributed by atoms with van der Waals surface area (Å²) in [5.74, 6) is -0.638. The zero-order valence-electron chi connectivity index (χ0n) is 24.0. The van der Waals surface area contributed by atoms with E-state index in [0.717, 1.165) is 36.9 Å². The van der Waals surface area contributed by atoms with E-state index in [-0.39, 0.29) is 12.3 Å². The maximum atomic E-state index is 12.6. The predicted molar refractivity (Wildman–Crippen MR) is 162 cm³/mol. The Labute approximate surface area is 238 Å². The monoisotopic (exact) mass is 542 g/mol. The van der Waals surface area contributed by atoms with Crippen LogP contribution in [0.2, 0.25) is 0 Å². The van der Waals surface area contributed by atoms with Crippen molar-refractivity contribution < 1.29 is 19.4 Å². The number of carboxylic acids is 1. The van der Waals surface area contributed by atoms with Crippen LogP contribution in [-0.2, 0) is 22.4 Å². The molecule has 0 bridgehead atoms. The van der Waals surface area contributed by atoms with E-state index in [1.807, 2.05) is 48.6 Å². The summed E-state index contributed by atoms with van der Waals surface area (Å²) < 4.78 is 5.89. The summed E-state index contributed by atoms with van der Waals surface area (Å²) in [6.07, 6.45) is 9.94. The van der Waals surface area contributed by atoms with Gasteiger partial charge in [0.05, 0.1) is 17.7 Å². The van der Waals surface area contributed by atoms with Crippen molar-refractivity contribution in [3.05, 3.63) is 89.1 Å². The molecule has 6 heteroatoms. The van der Waals surface area contributed by atoms with Crippen LogP contribution in [0, 0.1) is 5.41 Å². The number of nitrogens with zero attached hydrogens (tertiary/aromatic N) is 1. The molecule has 0 fully saturated rings. The van der Waals surface area contributed by atoms with Crippen molar-refractivity contribution in [3.63, 3.8) is 0 Å². The van der Waals surface area contributed by atoms with Gasteiger partial charge < -0.3 is 15.2 Å². The molecule has 3 rings (SSSR count). The van der Waals surface area contributed by atoms with Gasteiger partial charge in [-0.2, -0.15) is 0 Å². The lowest BCUT2D eigenvalue weighted by atomic mass is 9.79. The minimum atomic E-state index is -1.04. The van der Waals surface area contributed by atoms with Crippen molar-refractivity contribution >= 4 is 29.7 Å². The van der Waals surface area contributed by atoms with Crippen LogP contribution in [0.15, 0.2) is 66.7 Å². The quantitative estimate of drug-likeness (QED) is 0.180. The largest absolute Gasteiger partial charge is 0.481 e. The van der Waals surface area contributed by atoms with Crippen molar-refractivity contribution in [1.29, 1.82) is 0 Å². The average Bonchev–Trinajstić information content (AvgIpc) is 2.96. The maximum Gasteiger partial charge on any atom is 0.310 e. The van der Waals surface area contributed by atoms with Crippen LogP contribution in [0.25, 0.3) is 12.2 Å². The normalized spacial score (nSPS) is 11.5. The summed E-state index contributed by atoms with van der Waals surface area (Å²) in [7, 11) is 0. The van der Waals surface area contributed by atoms with E-state index >= 15 is 0 Å². The number of unbranched alkanes of at least 4 members (excludes halogenated alkanes) is 1. The van der Waals surface area contributed by atoms with Gasteiger partial charge in [0, 0.05) is 18.2 Å². The van der Waals surface area contributed by atoms with E-state index in [0.29, 0.717) is 31.0 Å². The summed E-state index contributed by atoms with van der Waals surface area (Å²) in [4.78, 5) is 28.9. The van der Waals surface area contributed by atoms with E-state index in [9.17, 15) is 14.7 Å². The zero-order chi connectivity index (χ0) is 28.8. The van der Waals surface area contributed by atoms with E-state index in [1.54, 1.807) is 19.9 Å². The number of anilines is 1. The Morgan fingerprint density at radius 1 is 0.900 bits per heavy atom. The summed E-state index contributed by atoms with van der Waals surface area (Å²) in [5.41, 5.74) is 4.02. The summed E-state index contributed by atoms with van der Waals surface area (Å²) in [6, 6.07) is 22.1. The van der Waals surface area contributed by atoms with Crippen molar-refractivity contribution in [2.45, 2.75) is 72.1 Å². The fourth-order valence-electron chi connectivity index (χ4n) is 4.67. The van der Waals surface area contributed by atoms with Gasteiger partial charge in [-0.05, 0) is 79.5 Å². The molecular formula is C34H42N2O4. The Morgan fingerprint density at radius 2 is 1.60 bits per heavy atom. The molecule has 0 saturated carbocycles. The highest BCUT2D eigenvalue weighted by Gasteiger charge is 2.37. The van der Waals surface area contributed by atoms with Crippen LogP contribution in [0.1, 0.15) is 81.7 Å². The van der Waals surface area contributed by atoms with Crippen molar-refractivity contribution in [1.82, 2.24) is 4.98 Å². The Bertz CT molecular complexity index is 1260. The SMILES string of the molecule is CCCc1ccc(CCCCOc2cccc(/C=C/c3cccc(NC(=O)CC(CC)(CC)C(=O)O)c3)n2)cc1. The minimum Gasteiger partial charge on any atom is -0.481 e. The molecule has 40 heavy (non-hydrogen) atoms. The number of nitrogens with one attached hydrogen (secondary N) is 1. The van der Waals surface area contributed by atoms with E-state index in [4.69, 9.17) is 4.74 Å². The van der Waals surface area contributed by atoms with Gasteiger partial charge in [-0.3, -0.25) is 9.59 Å². The Kier molecular flexibility index (Phi) is 11.9. The first kappa shape index (κ1) is 30.6. The number of carbonyl (C=O) groups excluding carboxylic acids is 1. The molecule has 0 aliphatic carbocycles. The number of carbonyl (C=O) groups is 2. The summed E-state index contributed by atoms with van der Waals surface area (Å²) in [6.45, 7) is 6.43. The molecule has 212 valence electrons. The molecule has 2 N–H and O–H groups in total. The minimum absolute atomic E-state index is 0.0573. The highest BCUT2D eigenvalue weighted by atomic mass is 16.5. The number of hydrogen-bond donors (Lipinski definition) is 2. The molecule has 0 atom stereocenters. The van der Waals surface area contributed by atoms with Gasteiger partial charge in [0.2, 0.25) is 11.8 Å². The highest BCUT2D eigenvalue weighted by molar-refractivity contribution is 5.94. The molecule has 0 aliphatic heterocycles. The summed E-state index contributed by atoms with van der Waals surface area (Å²) >= 11 is 0. The number of aryl methyl sites for hydroxylation is 2. The molecule has 6 nitrogen and oxygen atoms in total. The zero-order valence-corrected chi connectivity index (χ0v) is 24.0. The lowest BCUT2D eigenvalue weighted by molar-refractivity contribution is -0.151. The molecule has 0 aliphatic rings. The van der Waals surface area contributed by atoms with Crippen molar-refractivity contribution in [2.24, 2.45) is 5.41 Å². The lowest BCUT2D eigenvalue weighted by Gasteiger charge is -2.25. The third kappa shape index (κ3) is 9.37. The van der Waals surface area contributed by atoms with Crippen LogP contribution < -0.4 is 10.1 Å². The molecule has 2 aromatic carbocycles. The number of ether oxygens (including phenoxy) is 1. The third-order valence-electron chi connectivity index (χ3n) is 7.34. The average molecular weight is 543 g/mol. The standard InChI is InChI=1S/C34H42N2O4/c1-4-11-26-17-19-27(20-18-26)12-7-8-23-40-32-16-10-14-29(36-32)22-21-28-13-9-15-30(24-28)35-31(37)25-34(5-2,6-3)33(38)39/h9-10,13-22,24H,4-8,11-12,23,25H2,1-3H3,(H,35,37)(H,38,39)/b22-21+. The second-order valence-corrected chi connectivity index (χ2v) is 10.2. The van der Waals surface area contributed by atoms with E-state index < -0.39 is 11.4 Å². The van der Waals surface area contributed by atoms with E-state index in [1.165, 1.54) is 17.5 Å². The van der Waals surface area contributed by atoms with Gasteiger partial charge in [0.1, 0.15) is 0 Å². The Hall–Kier alpha value is -3.93. The number of amides is 1. The van der Waals surface area contributed by atoms with Gasteiger partial charge in [0.25, 0.3) is 0 Å². The number of aromatic nitrogens is 1. The number of benzene rings is 2. The van der Waals surface area contributed by atoms with Crippen LogP contribution in [0.3, 0.4) is 0 Å². The first-order valence-electron chi connectivity index (χ1n) is 14.4. The number of aliphatic carboxylic acids is 1. The van der Waals surface area contributed by atoms with Crippen LogP contribution in [0.5, 0.6) is 5.88 Å². The molecular weight excluding hydrogens is 500 g/mol. The first-order valence-corrected chi connectivity index (χ1v) is 14.4. The third-order valence-corrected chi connectivity index (χ3v) is 7.34. The summed E-state index contributed by atoms with van der Waals surface area (Å²) in [5, 5.41) is 12.5. The van der Waals surface area contributed by atoms with Gasteiger partial charge in [-0.15, -0.1) is 0 Å². The van der Waals surface area contributed by atoms with Crippen molar-refractivity contribution in [2.75, 3.05) is 11.9 Å². The maximum absolute atomic E-state index is 12.6. The van der Waals surface area contributed by atoms with Crippen LogP contribution in [-0.4, -0.2) is 28.6 Å². The molecule has 1 heterocycles. The van der Waals surface area contributed by atoms with Crippen LogP contribution >= 0.6 is 0 Å². The molecule has 1 amide bonds. The topological polar surface area (TPSA) is 88.5 Å². The number of rotatable bonds is 16. The van der Waals surface area contributed by atoms with Crippen LogP contribution in [0.4, 0.5) is 5.69 Å². The highest BCUT2D eigenvalue weighted by Crippen LogP contribution is 2.31. The van der Waals surface area contributed by atoms with Crippen molar-refractivity contribution in [3.8, 4) is 5.88 Å². The number of hydrogen-bond acceptors (Lipinski definition) is 4. The molecule has 0 unspecified atom stereocenters. The Morgan fingerprint density at radius 3 is 2.27 bits per heavy atom. The first-order chi connectivity index (χ1) is 19.4. The molecule has 0 spiro atoms. The number of pyridine rings is 1. The van der Waals surface area contributed by atoms with Gasteiger partial charge in [-0.1, -0.05) is 75.7 Å². The smallest absolute Gasteiger partial charge is 0.310 e. The predicted octanol–water partition coefficient (Wildman–Crippen LogP) is 7.83. The number of carboxylic acid groups (broad SMARTS) is 1.